The van der Waals surface area contributed by atoms with Gasteiger partial charge in [0.2, 0.25) is 0 Å². The van der Waals surface area contributed by atoms with Crippen molar-refractivity contribution in [2.24, 2.45) is 0 Å². The van der Waals surface area contributed by atoms with Crippen LogP contribution >= 0.6 is 0 Å². The summed E-state index contributed by atoms with van der Waals surface area (Å²) in [5.74, 6) is 1.93. The van der Waals surface area contributed by atoms with Crippen molar-refractivity contribution in [1.29, 1.82) is 0 Å². The second-order valence-corrected chi connectivity index (χ2v) is 9.64. The Morgan fingerprint density at radius 2 is 1.03 bits per heavy atom. The summed E-state index contributed by atoms with van der Waals surface area (Å²) < 4.78 is 6.23. The average molecular weight is 500 g/mol. The minimum Gasteiger partial charge on any atom is -0.456 e. The van der Waals surface area contributed by atoms with Crippen molar-refractivity contribution >= 4 is 43.5 Å². The van der Waals surface area contributed by atoms with Crippen LogP contribution in [0.4, 0.5) is 0 Å². The lowest BCUT2D eigenvalue weighted by molar-refractivity contribution is 0.669. The Hall–Kier alpha value is -5.35. The zero-order chi connectivity index (χ0) is 25.8. The van der Waals surface area contributed by atoms with Crippen LogP contribution in [0.15, 0.2) is 132 Å². The number of benzene rings is 6. The second kappa shape index (κ2) is 8.61. The summed E-state index contributed by atoms with van der Waals surface area (Å²) in [7, 11) is 0. The van der Waals surface area contributed by atoms with Crippen LogP contribution in [0.1, 0.15) is 0 Å². The Balaban J connectivity index is 1.47. The van der Waals surface area contributed by atoms with Crippen LogP contribution in [0, 0.1) is 0 Å². The number of rotatable bonds is 3. The van der Waals surface area contributed by atoms with E-state index in [1.54, 1.807) is 0 Å². The maximum atomic E-state index is 6.23. The highest BCUT2D eigenvalue weighted by atomic mass is 16.3. The third-order valence-electron chi connectivity index (χ3n) is 7.32. The smallest absolute Gasteiger partial charge is 0.164 e. The summed E-state index contributed by atoms with van der Waals surface area (Å²) in [6.07, 6.45) is 0. The van der Waals surface area contributed by atoms with Gasteiger partial charge in [-0.25, -0.2) is 15.0 Å². The summed E-state index contributed by atoms with van der Waals surface area (Å²) in [5, 5.41) is 6.60. The van der Waals surface area contributed by atoms with E-state index in [2.05, 4.69) is 72.8 Å². The molecule has 0 radical (unpaired) electrons. The topological polar surface area (TPSA) is 51.8 Å². The molecule has 0 aliphatic heterocycles. The first-order valence-corrected chi connectivity index (χ1v) is 13.0. The van der Waals surface area contributed by atoms with E-state index in [1.165, 1.54) is 0 Å². The molecule has 0 saturated carbocycles. The molecular formula is C35H21N3O. The minimum absolute atomic E-state index is 0.634. The van der Waals surface area contributed by atoms with Gasteiger partial charge in [0.15, 0.2) is 17.5 Å². The van der Waals surface area contributed by atoms with Crippen LogP contribution in [-0.4, -0.2) is 15.0 Å². The molecule has 4 nitrogen and oxygen atoms in total. The Kier molecular flexibility index (Phi) is 4.79. The van der Waals surface area contributed by atoms with Crippen molar-refractivity contribution in [3.05, 3.63) is 127 Å². The fourth-order valence-corrected chi connectivity index (χ4v) is 5.53. The van der Waals surface area contributed by atoms with Crippen molar-refractivity contribution in [2.45, 2.75) is 0 Å². The van der Waals surface area contributed by atoms with Crippen LogP contribution in [-0.2, 0) is 0 Å². The van der Waals surface area contributed by atoms with Crippen LogP contribution < -0.4 is 0 Å². The fraction of sp³-hybridized carbons (Fsp3) is 0. The molecule has 0 spiro atoms. The molecule has 2 aromatic heterocycles. The molecule has 0 amide bonds. The first-order chi connectivity index (χ1) is 19.3. The zero-order valence-electron chi connectivity index (χ0n) is 20.9. The summed E-state index contributed by atoms with van der Waals surface area (Å²) in [6, 6.07) is 43.3. The van der Waals surface area contributed by atoms with Gasteiger partial charge in [-0.15, -0.1) is 0 Å². The number of hydrogen-bond donors (Lipinski definition) is 0. The number of fused-ring (bicyclic) bond motifs is 6. The number of furan rings is 1. The van der Waals surface area contributed by atoms with Gasteiger partial charge < -0.3 is 4.42 Å². The molecule has 0 saturated heterocycles. The van der Waals surface area contributed by atoms with Gasteiger partial charge in [-0.3, -0.25) is 0 Å². The number of hydrogen-bond acceptors (Lipinski definition) is 4. The van der Waals surface area contributed by atoms with E-state index in [-0.39, 0.29) is 0 Å². The van der Waals surface area contributed by atoms with Crippen LogP contribution in [0.5, 0.6) is 0 Å². The maximum Gasteiger partial charge on any atom is 0.164 e. The Bertz CT molecular complexity index is 2180. The first kappa shape index (κ1) is 21.7. The Labute approximate surface area is 224 Å². The molecule has 0 atom stereocenters. The van der Waals surface area contributed by atoms with E-state index in [1.807, 2.05) is 54.6 Å². The van der Waals surface area contributed by atoms with E-state index in [0.717, 1.165) is 60.2 Å². The third-order valence-corrected chi connectivity index (χ3v) is 7.32. The van der Waals surface area contributed by atoms with Crippen molar-refractivity contribution in [2.75, 3.05) is 0 Å². The van der Waals surface area contributed by atoms with Gasteiger partial charge in [0.25, 0.3) is 0 Å². The highest BCUT2D eigenvalue weighted by molar-refractivity contribution is 6.22. The Morgan fingerprint density at radius 1 is 0.385 bits per heavy atom. The number of nitrogens with zero attached hydrogens (tertiary/aromatic N) is 3. The molecule has 0 bridgehead atoms. The van der Waals surface area contributed by atoms with Gasteiger partial charge in [0.05, 0.1) is 0 Å². The fourth-order valence-electron chi connectivity index (χ4n) is 5.53. The number of para-hydroxylation sites is 1. The standard InChI is InChI=1S/C35H21N3O/c1-2-11-24(12-3-1)33-36-34(26-17-8-13-22-10-4-5-15-25(22)26)38-35(37-33)28-18-9-14-23-20-21-30-32(31(23)28)27-16-6-7-19-29(27)39-30/h1-21H. The normalized spacial score (nSPS) is 11.6. The molecule has 0 aliphatic rings. The SMILES string of the molecule is c1ccc(-c2nc(-c3cccc4ccccc34)nc(-c3cccc4ccc5oc6ccccc6c5c34)n2)cc1. The van der Waals surface area contributed by atoms with E-state index in [0.29, 0.717) is 17.5 Å². The molecule has 0 N–H and O–H groups in total. The van der Waals surface area contributed by atoms with Crippen molar-refractivity contribution in [1.82, 2.24) is 15.0 Å². The highest BCUT2D eigenvalue weighted by Gasteiger charge is 2.18. The molecule has 4 heteroatoms. The van der Waals surface area contributed by atoms with Gasteiger partial charge >= 0.3 is 0 Å². The lowest BCUT2D eigenvalue weighted by atomic mass is 9.98. The van der Waals surface area contributed by atoms with Gasteiger partial charge in [0.1, 0.15) is 11.2 Å². The molecule has 0 fully saturated rings. The molecule has 8 aromatic rings. The molecule has 8 rings (SSSR count). The zero-order valence-corrected chi connectivity index (χ0v) is 20.9. The maximum absolute atomic E-state index is 6.23. The Morgan fingerprint density at radius 3 is 1.90 bits per heavy atom. The predicted octanol–water partition coefficient (Wildman–Crippen LogP) is 9.08. The summed E-state index contributed by atoms with van der Waals surface area (Å²) in [4.78, 5) is 15.2. The second-order valence-electron chi connectivity index (χ2n) is 9.64. The van der Waals surface area contributed by atoms with Gasteiger partial charge in [-0.1, -0.05) is 115 Å². The molecule has 2 heterocycles. The van der Waals surface area contributed by atoms with Crippen molar-refractivity contribution in [3.8, 4) is 34.2 Å². The molecule has 182 valence electrons. The quantitative estimate of drug-likeness (QED) is 0.243. The predicted molar refractivity (Wildman–Crippen MR) is 158 cm³/mol. The largest absolute Gasteiger partial charge is 0.456 e. The van der Waals surface area contributed by atoms with Crippen molar-refractivity contribution < 1.29 is 4.42 Å². The average Bonchev–Trinajstić information content (AvgIpc) is 3.40. The van der Waals surface area contributed by atoms with E-state index in [9.17, 15) is 0 Å². The summed E-state index contributed by atoms with van der Waals surface area (Å²) in [5.41, 5.74) is 4.59. The molecular weight excluding hydrogens is 478 g/mol. The number of aromatic nitrogens is 3. The lowest BCUT2D eigenvalue weighted by Crippen LogP contribution is -2.01. The third kappa shape index (κ3) is 3.50. The first-order valence-electron chi connectivity index (χ1n) is 13.0. The van der Waals surface area contributed by atoms with Crippen LogP contribution in [0.2, 0.25) is 0 Å². The van der Waals surface area contributed by atoms with E-state index < -0.39 is 0 Å². The van der Waals surface area contributed by atoms with Crippen LogP contribution in [0.25, 0.3) is 77.6 Å². The lowest BCUT2D eigenvalue weighted by Gasteiger charge is -2.12. The molecule has 6 aromatic carbocycles. The summed E-state index contributed by atoms with van der Waals surface area (Å²) >= 11 is 0. The van der Waals surface area contributed by atoms with E-state index >= 15 is 0 Å². The van der Waals surface area contributed by atoms with Gasteiger partial charge in [-0.2, -0.15) is 0 Å². The van der Waals surface area contributed by atoms with Crippen LogP contribution in [0.3, 0.4) is 0 Å². The monoisotopic (exact) mass is 499 g/mol. The van der Waals surface area contributed by atoms with Crippen molar-refractivity contribution in [3.63, 3.8) is 0 Å². The van der Waals surface area contributed by atoms with Gasteiger partial charge in [-0.05, 0) is 28.3 Å². The highest BCUT2D eigenvalue weighted by Crippen LogP contribution is 2.39. The minimum atomic E-state index is 0.634. The molecule has 39 heavy (non-hydrogen) atoms. The van der Waals surface area contributed by atoms with Gasteiger partial charge in [0, 0.05) is 32.8 Å². The summed E-state index contributed by atoms with van der Waals surface area (Å²) in [6.45, 7) is 0. The molecule has 0 unspecified atom stereocenters. The van der Waals surface area contributed by atoms with E-state index in [4.69, 9.17) is 19.4 Å². The molecule has 0 aliphatic carbocycles.